The summed E-state index contributed by atoms with van der Waals surface area (Å²) in [5, 5.41) is 10.3. The van der Waals surface area contributed by atoms with Gasteiger partial charge in [-0.15, -0.1) is 0 Å². The Kier molecular flexibility index (Phi) is 8.44. The molecule has 0 aliphatic heterocycles. The summed E-state index contributed by atoms with van der Waals surface area (Å²) >= 11 is 12.2. The van der Waals surface area contributed by atoms with Crippen molar-refractivity contribution in [3.05, 3.63) is 69.8 Å². The molecule has 0 aliphatic carbocycles. The van der Waals surface area contributed by atoms with Crippen molar-refractivity contribution in [3.8, 4) is 5.69 Å². The Balaban J connectivity index is 1.82. The molecule has 0 saturated carbocycles. The summed E-state index contributed by atoms with van der Waals surface area (Å²) in [6, 6.07) is 10.4. The fraction of sp³-hybridized carbons (Fsp3) is 0.320. The maximum atomic E-state index is 13.3. The summed E-state index contributed by atoms with van der Waals surface area (Å²) in [4.78, 5) is 26.7. The Hall–Kier alpha value is -3.24. The maximum absolute atomic E-state index is 13.3. The lowest BCUT2D eigenvalue weighted by atomic mass is 9.92. The molecule has 3 amide bonds. The lowest BCUT2D eigenvalue weighted by molar-refractivity contribution is -0.137. The van der Waals surface area contributed by atoms with Crippen molar-refractivity contribution in [1.29, 1.82) is 0 Å². The third-order valence-electron chi connectivity index (χ3n) is 5.37. The number of anilines is 2. The Bertz CT molecular complexity index is 1300. The number of likely N-dealkylation sites (N-methyl/N-ethyl adjacent to an activating group) is 1. The number of halogens is 5. The zero-order valence-corrected chi connectivity index (χ0v) is 22.1. The smallest absolute Gasteiger partial charge is 0.315 e. The molecule has 2 N–H and O–H groups in total. The molecule has 7 nitrogen and oxygen atoms in total. The van der Waals surface area contributed by atoms with E-state index in [9.17, 15) is 22.8 Å². The van der Waals surface area contributed by atoms with Gasteiger partial charge in [-0.3, -0.25) is 4.79 Å². The van der Waals surface area contributed by atoms with E-state index in [1.807, 2.05) is 20.8 Å². The molecule has 0 saturated heterocycles. The van der Waals surface area contributed by atoms with Crippen molar-refractivity contribution in [2.75, 3.05) is 23.7 Å². The van der Waals surface area contributed by atoms with E-state index in [-0.39, 0.29) is 12.0 Å². The van der Waals surface area contributed by atoms with Gasteiger partial charge in [0.1, 0.15) is 12.4 Å². The summed E-state index contributed by atoms with van der Waals surface area (Å²) < 4.78 is 41.4. The number of nitrogens with one attached hydrogen (secondary N) is 2. The summed E-state index contributed by atoms with van der Waals surface area (Å²) in [5.74, 6) is -0.241. The second-order valence-electron chi connectivity index (χ2n) is 9.21. The molecule has 12 heteroatoms. The fourth-order valence-corrected chi connectivity index (χ4v) is 3.66. The van der Waals surface area contributed by atoms with Gasteiger partial charge in [0.05, 0.1) is 32.7 Å². The number of rotatable bonds is 6. The van der Waals surface area contributed by atoms with Crippen LogP contribution >= 0.6 is 23.2 Å². The number of hydrogen-bond donors (Lipinski definition) is 2. The molecule has 0 aliphatic rings. The minimum absolute atomic E-state index is 0.0761. The van der Waals surface area contributed by atoms with E-state index in [0.717, 1.165) is 17.0 Å². The van der Waals surface area contributed by atoms with E-state index in [1.165, 1.54) is 16.8 Å². The highest BCUT2D eigenvalue weighted by atomic mass is 35.5. The number of amides is 3. The van der Waals surface area contributed by atoms with Gasteiger partial charge in [0, 0.05) is 18.0 Å². The standard InChI is InChI=1S/C25H26Cl2F3N5O2/c1-5-34(23(37)31-19-9-7-6-8-16(19)25(28,29)30)14-22(36)32-21-13-20(24(2,3)4)33-35(21)15-10-11-17(26)18(27)12-15/h6-13H,5,14H2,1-4H3,(H,31,37)(H,32,36). The second-order valence-corrected chi connectivity index (χ2v) is 10.0. The average molecular weight is 556 g/mol. The lowest BCUT2D eigenvalue weighted by Crippen LogP contribution is -2.40. The quantitative estimate of drug-likeness (QED) is 0.344. The van der Waals surface area contributed by atoms with E-state index >= 15 is 0 Å². The average Bonchev–Trinajstić information content (AvgIpc) is 3.23. The molecule has 1 heterocycles. The molecular formula is C25H26Cl2F3N5O2. The number of benzene rings is 2. The van der Waals surface area contributed by atoms with Crippen molar-refractivity contribution < 1.29 is 22.8 Å². The molecule has 1 aromatic heterocycles. The summed E-state index contributed by atoms with van der Waals surface area (Å²) in [6.45, 7) is 7.16. The molecule has 0 radical (unpaired) electrons. The zero-order chi connectivity index (χ0) is 27.5. The van der Waals surface area contributed by atoms with Gasteiger partial charge in [-0.05, 0) is 37.3 Å². The van der Waals surface area contributed by atoms with Gasteiger partial charge >= 0.3 is 12.2 Å². The van der Waals surface area contributed by atoms with Crippen molar-refractivity contribution in [2.45, 2.75) is 39.3 Å². The van der Waals surface area contributed by atoms with Gasteiger partial charge in [-0.1, -0.05) is 56.1 Å². The van der Waals surface area contributed by atoms with E-state index in [1.54, 1.807) is 31.2 Å². The first-order valence-corrected chi connectivity index (χ1v) is 12.0. The molecule has 3 aromatic rings. The Morgan fingerprint density at radius 2 is 1.68 bits per heavy atom. The molecule has 0 spiro atoms. The van der Waals surface area contributed by atoms with Crippen LogP contribution in [-0.2, 0) is 16.4 Å². The van der Waals surface area contributed by atoms with Crippen LogP contribution in [0.15, 0.2) is 48.5 Å². The first-order chi connectivity index (χ1) is 17.2. The number of aromatic nitrogens is 2. The van der Waals surface area contributed by atoms with Crippen LogP contribution in [0.4, 0.5) is 29.5 Å². The van der Waals surface area contributed by atoms with E-state index < -0.39 is 35.9 Å². The van der Waals surface area contributed by atoms with E-state index in [0.29, 0.717) is 27.2 Å². The lowest BCUT2D eigenvalue weighted by Gasteiger charge is -2.22. The first kappa shape index (κ1) is 28.3. The van der Waals surface area contributed by atoms with Gasteiger partial charge in [0.25, 0.3) is 0 Å². The Labute approximate surface area is 222 Å². The maximum Gasteiger partial charge on any atom is 0.418 e. The van der Waals surface area contributed by atoms with Gasteiger partial charge in [0.15, 0.2) is 0 Å². The van der Waals surface area contributed by atoms with Crippen LogP contribution in [0.25, 0.3) is 5.69 Å². The van der Waals surface area contributed by atoms with Crippen molar-refractivity contribution in [2.24, 2.45) is 0 Å². The van der Waals surface area contributed by atoms with Crippen molar-refractivity contribution in [3.63, 3.8) is 0 Å². The monoisotopic (exact) mass is 555 g/mol. The third kappa shape index (κ3) is 6.95. The third-order valence-corrected chi connectivity index (χ3v) is 6.11. The van der Waals surface area contributed by atoms with Crippen LogP contribution in [-0.4, -0.2) is 39.7 Å². The van der Waals surface area contributed by atoms with Crippen LogP contribution in [0.5, 0.6) is 0 Å². The summed E-state index contributed by atoms with van der Waals surface area (Å²) in [7, 11) is 0. The first-order valence-electron chi connectivity index (χ1n) is 11.3. The van der Waals surface area contributed by atoms with Gasteiger partial charge in [-0.25, -0.2) is 9.48 Å². The van der Waals surface area contributed by atoms with Crippen LogP contribution in [0.2, 0.25) is 10.0 Å². The van der Waals surface area contributed by atoms with Gasteiger partial charge in [-0.2, -0.15) is 18.3 Å². The Morgan fingerprint density at radius 1 is 1.00 bits per heavy atom. The van der Waals surface area contributed by atoms with Crippen LogP contribution in [0.1, 0.15) is 39.0 Å². The molecule has 2 aromatic carbocycles. The minimum Gasteiger partial charge on any atom is -0.315 e. The van der Waals surface area contributed by atoms with Gasteiger partial charge < -0.3 is 15.5 Å². The highest BCUT2D eigenvalue weighted by Crippen LogP contribution is 2.34. The molecule has 0 fully saturated rings. The van der Waals surface area contributed by atoms with Crippen molar-refractivity contribution in [1.82, 2.24) is 14.7 Å². The van der Waals surface area contributed by atoms with Crippen LogP contribution in [0, 0.1) is 0 Å². The number of hydrogen-bond acceptors (Lipinski definition) is 3. The van der Waals surface area contributed by atoms with Gasteiger partial charge in [0.2, 0.25) is 5.91 Å². The number of nitrogens with zero attached hydrogens (tertiary/aromatic N) is 3. The summed E-state index contributed by atoms with van der Waals surface area (Å²) in [5.41, 5.74) is -0.491. The molecule has 0 atom stereocenters. The highest BCUT2D eigenvalue weighted by molar-refractivity contribution is 6.42. The predicted molar refractivity (Wildman–Crippen MR) is 139 cm³/mol. The number of alkyl halides is 3. The van der Waals surface area contributed by atoms with E-state index in [2.05, 4.69) is 15.7 Å². The minimum atomic E-state index is -4.65. The highest BCUT2D eigenvalue weighted by Gasteiger charge is 2.34. The number of para-hydroxylation sites is 1. The fourth-order valence-electron chi connectivity index (χ4n) is 3.37. The van der Waals surface area contributed by atoms with Crippen molar-refractivity contribution >= 4 is 46.6 Å². The molecule has 37 heavy (non-hydrogen) atoms. The predicted octanol–water partition coefficient (Wildman–Crippen LogP) is 6.99. The number of urea groups is 1. The molecule has 0 bridgehead atoms. The number of carbonyl (C=O) groups excluding carboxylic acids is 2. The molecule has 3 rings (SSSR count). The zero-order valence-electron chi connectivity index (χ0n) is 20.6. The Morgan fingerprint density at radius 3 is 2.27 bits per heavy atom. The molecule has 0 unspecified atom stereocenters. The molecule has 198 valence electrons. The topological polar surface area (TPSA) is 79.3 Å². The summed E-state index contributed by atoms with van der Waals surface area (Å²) in [6.07, 6.45) is -4.65. The number of carbonyl (C=O) groups is 2. The SMILES string of the molecule is CCN(CC(=O)Nc1cc(C(C)(C)C)nn1-c1ccc(Cl)c(Cl)c1)C(=O)Nc1ccccc1C(F)(F)F. The normalized spacial score (nSPS) is 11.8. The van der Waals surface area contributed by atoms with E-state index in [4.69, 9.17) is 23.2 Å². The van der Waals surface area contributed by atoms with Crippen LogP contribution < -0.4 is 10.6 Å². The largest absolute Gasteiger partial charge is 0.418 e. The van der Waals surface area contributed by atoms with Crippen LogP contribution in [0.3, 0.4) is 0 Å². The second kappa shape index (κ2) is 11.0. The molecular weight excluding hydrogens is 530 g/mol.